The van der Waals surface area contributed by atoms with Crippen LogP contribution in [0.2, 0.25) is 0 Å². The van der Waals surface area contributed by atoms with Crippen LogP contribution in [0.15, 0.2) is 72.8 Å². The van der Waals surface area contributed by atoms with Crippen LogP contribution in [0.25, 0.3) is 0 Å². The molecule has 1 heterocycles. The summed E-state index contributed by atoms with van der Waals surface area (Å²) in [6.07, 6.45) is -3.01. The number of phenolic OH excluding ortho intramolecular Hbond substituents is 1. The van der Waals surface area contributed by atoms with Gasteiger partial charge in [0.2, 0.25) is 0 Å². The molecule has 6 nitrogen and oxygen atoms in total. The number of benzene rings is 3. The van der Waals surface area contributed by atoms with Gasteiger partial charge < -0.3 is 19.7 Å². The Hall–Kier alpha value is -3.65. The molecular formula is C23H19F2NO5. The highest BCUT2D eigenvalue weighted by molar-refractivity contribution is 5.91. The molecular weight excluding hydrogens is 408 g/mol. The third-order valence-corrected chi connectivity index (χ3v) is 4.96. The van der Waals surface area contributed by atoms with Gasteiger partial charge in [-0.15, -0.1) is 0 Å². The fourth-order valence-corrected chi connectivity index (χ4v) is 3.50. The quantitative estimate of drug-likeness (QED) is 0.617. The highest BCUT2D eigenvalue weighted by Crippen LogP contribution is 2.39. The summed E-state index contributed by atoms with van der Waals surface area (Å²) in [5, 5.41) is 20.4. The van der Waals surface area contributed by atoms with Crippen LogP contribution >= 0.6 is 0 Å². The van der Waals surface area contributed by atoms with Gasteiger partial charge in [-0.25, -0.2) is 13.6 Å². The van der Waals surface area contributed by atoms with Crippen LogP contribution in [-0.2, 0) is 4.74 Å². The van der Waals surface area contributed by atoms with Crippen molar-refractivity contribution in [3.05, 3.63) is 90.0 Å². The van der Waals surface area contributed by atoms with Crippen molar-refractivity contribution in [3.63, 3.8) is 0 Å². The number of phenols is 1. The summed E-state index contributed by atoms with van der Waals surface area (Å²) in [5.41, 5.74) is 0.966. The highest BCUT2D eigenvalue weighted by Gasteiger charge is 2.47. The summed E-state index contributed by atoms with van der Waals surface area (Å²) in [6, 6.07) is 16.1. The van der Waals surface area contributed by atoms with E-state index < -0.39 is 36.0 Å². The van der Waals surface area contributed by atoms with Crippen LogP contribution in [0.4, 0.5) is 19.3 Å². The zero-order chi connectivity index (χ0) is 22.0. The van der Waals surface area contributed by atoms with E-state index in [1.807, 2.05) is 0 Å². The first-order valence-electron chi connectivity index (χ1n) is 9.53. The van der Waals surface area contributed by atoms with E-state index in [4.69, 9.17) is 9.47 Å². The number of hydrogen-bond donors (Lipinski definition) is 2. The number of hydrogen-bond acceptors (Lipinski definition) is 5. The van der Waals surface area contributed by atoms with E-state index in [0.29, 0.717) is 11.3 Å². The smallest absolute Gasteiger partial charge is 0.415 e. The number of carbonyl (C=O) groups is 1. The van der Waals surface area contributed by atoms with Crippen molar-refractivity contribution in [2.75, 3.05) is 11.5 Å². The Morgan fingerprint density at radius 3 is 2.39 bits per heavy atom. The molecule has 31 heavy (non-hydrogen) atoms. The van der Waals surface area contributed by atoms with Crippen molar-refractivity contribution in [2.24, 2.45) is 0 Å². The van der Waals surface area contributed by atoms with Crippen LogP contribution < -0.4 is 9.64 Å². The molecule has 3 aromatic carbocycles. The highest BCUT2D eigenvalue weighted by atomic mass is 19.1. The summed E-state index contributed by atoms with van der Waals surface area (Å²) in [7, 11) is 0. The number of halogens is 2. The van der Waals surface area contributed by atoms with Crippen molar-refractivity contribution in [1.29, 1.82) is 0 Å². The van der Waals surface area contributed by atoms with Gasteiger partial charge in [0.25, 0.3) is 0 Å². The largest absolute Gasteiger partial charge is 0.508 e. The van der Waals surface area contributed by atoms with Crippen molar-refractivity contribution in [2.45, 2.75) is 18.2 Å². The minimum absolute atomic E-state index is 0.0360. The van der Waals surface area contributed by atoms with Gasteiger partial charge in [-0.05, 0) is 54.1 Å². The monoisotopic (exact) mass is 427 g/mol. The Bertz CT molecular complexity index is 1060. The van der Waals surface area contributed by atoms with E-state index in [2.05, 4.69) is 0 Å². The lowest BCUT2D eigenvalue weighted by atomic mass is 9.96. The number of ether oxygens (including phenoxy) is 2. The second-order valence-corrected chi connectivity index (χ2v) is 7.07. The molecule has 2 unspecified atom stereocenters. The van der Waals surface area contributed by atoms with Crippen LogP contribution in [0.5, 0.6) is 11.5 Å². The molecule has 1 aliphatic rings. The zero-order valence-electron chi connectivity index (χ0n) is 16.2. The molecule has 0 aliphatic carbocycles. The number of nitrogens with zero attached hydrogens (tertiary/aromatic N) is 1. The Morgan fingerprint density at radius 1 is 1.00 bits per heavy atom. The van der Waals surface area contributed by atoms with Crippen molar-refractivity contribution in [1.82, 2.24) is 0 Å². The molecule has 1 amide bonds. The van der Waals surface area contributed by atoms with Crippen LogP contribution in [0, 0.1) is 11.6 Å². The van der Waals surface area contributed by atoms with Crippen molar-refractivity contribution >= 4 is 11.8 Å². The number of carbonyl (C=O) groups excluding carboxylic acids is 1. The SMILES string of the molecule is O=C1OC(C(O)COc2cccc(F)c2)[C@@H](c2ccc(O)cc2)N1c1ccc(F)cc1. The average molecular weight is 427 g/mol. The Balaban J connectivity index is 1.62. The predicted molar refractivity (Wildman–Crippen MR) is 108 cm³/mol. The van der Waals surface area contributed by atoms with Gasteiger partial charge in [-0.3, -0.25) is 4.90 Å². The molecule has 1 aliphatic heterocycles. The molecule has 0 aromatic heterocycles. The Kier molecular flexibility index (Phi) is 5.73. The number of amides is 1. The molecule has 0 spiro atoms. The van der Waals surface area contributed by atoms with E-state index in [1.165, 1.54) is 59.5 Å². The molecule has 1 fully saturated rings. The Morgan fingerprint density at radius 2 is 1.71 bits per heavy atom. The predicted octanol–water partition coefficient (Wildman–Crippen LogP) is 4.18. The van der Waals surface area contributed by atoms with E-state index >= 15 is 0 Å². The number of rotatable bonds is 6. The lowest BCUT2D eigenvalue weighted by Gasteiger charge is -2.27. The molecule has 3 aromatic rings. The number of cyclic esters (lactones) is 1. The maximum absolute atomic E-state index is 13.4. The third kappa shape index (κ3) is 4.44. The van der Waals surface area contributed by atoms with Crippen LogP contribution in [-0.4, -0.2) is 35.1 Å². The first kappa shape index (κ1) is 20.6. The molecule has 8 heteroatoms. The summed E-state index contributed by atoms with van der Waals surface area (Å²) < 4.78 is 37.7. The first-order valence-corrected chi connectivity index (χ1v) is 9.53. The molecule has 160 valence electrons. The fraction of sp³-hybridized carbons (Fsp3) is 0.174. The maximum atomic E-state index is 13.4. The summed E-state index contributed by atoms with van der Waals surface area (Å²) in [6.45, 7) is -0.257. The van der Waals surface area contributed by atoms with E-state index in [0.717, 1.165) is 0 Å². The molecule has 1 saturated heterocycles. The summed E-state index contributed by atoms with van der Waals surface area (Å²) in [5.74, 6) is -0.685. The van der Waals surface area contributed by atoms with E-state index in [-0.39, 0.29) is 18.1 Å². The molecule has 0 saturated carbocycles. The van der Waals surface area contributed by atoms with Gasteiger partial charge >= 0.3 is 6.09 Å². The number of aliphatic hydroxyl groups is 1. The second-order valence-electron chi connectivity index (χ2n) is 7.07. The molecule has 4 rings (SSSR count). The Labute approximate surface area is 176 Å². The van der Waals surface area contributed by atoms with E-state index in [1.54, 1.807) is 18.2 Å². The molecule has 0 bridgehead atoms. The zero-order valence-corrected chi connectivity index (χ0v) is 16.2. The minimum atomic E-state index is -1.25. The standard InChI is InChI=1S/C23H19F2NO5/c24-15-6-8-17(9-7-15)26-21(14-4-10-18(27)11-5-14)22(31-23(26)29)20(28)13-30-19-3-1-2-16(25)12-19/h1-12,20-22,27-28H,13H2/t20?,21-,22?/m1/s1. The fourth-order valence-electron chi connectivity index (χ4n) is 3.50. The number of aliphatic hydroxyl groups excluding tert-OH is 1. The average Bonchev–Trinajstić information content (AvgIpc) is 3.10. The van der Waals surface area contributed by atoms with Gasteiger partial charge in [0, 0.05) is 11.8 Å². The van der Waals surface area contributed by atoms with Crippen LogP contribution in [0.1, 0.15) is 11.6 Å². The van der Waals surface area contributed by atoms with Crippen molar-refractivity contribution < 1.29 is 33.3 Å². The lowest BCUT2D eigenvalue weighted by Crippen LogP contribution is -2.38. The van der Waals surface area contributed by atoms with Gasteiger partial charge in [0.15, 0.2) is 6.10 Å². The maximum Gasteiger partial charge on any atom is 0.415 e. The molecule has 2 N–H and O–H groups in total. The van der Waals surface area contributed by atoms with Gasteiger partial charge in [-0.1, -0.05) is 18.2 Å². The topological polar surface area (TPSA) is 79.2 Å². The van der Waals surface area contributed by atoms with E-state index in [9.17, 15) is 23.8 Å². The first-order chi connectivity index (χ1) is 14.9. The summed E-state index contributed by atoms with van der Waals surface area (Å²) >= 11 is 0. The lowest BCUT2D eigenvalue weighted by molar-refractivity contribution is -0.00651. The number of anilines is 1. The number of aromatic hydroxyl groups is 1. The van der Waals surface area contributed by atoms with Gasteiger partial charge in [0.1, 0.15) is 41.9 Å². The molecule has 3 atom stereocenters. The summed E-state index contributed by atoms with van der Waals surface area (Å²) in [4.78, 5) is 14.0. The van der Waals surface area contributed by atoms with Gasteiger partial charge in [-0.2, -0.15) is 0 Å². The minimum Gasteiger partial charge on any atom is -0.508 e. The second kappa shape index (κ2) is 8.61. The normalized spacial score (nSPS) is 19.2. The third-order valence-electron chi connectivity index (χ3n) is 4.96. The molecule has 0 radical (unpaired) electrons. The van der Waals surface area contributed by atoms with Gasteiger partial charge in [0.05, 0.1) is 0 Å². The van der Waals surface area contributed by atoms with Crippen molar-refractivity contribution in [3.8, 4) is 11.5 Å². The van der Waals surface area contributed by atoms with Crippen LogP contribution in [0.3, 0.4) is 0 Å².